The average Bonchev–Trinajstić information content (AvgIpc) is 2.02. The number of carbonyl (C=O) groups excluding carboxylic acids is 1. The molecule has 0 aromatic carbocycles. The normalized spacial score (nSPS) is 12.9. The predicted octanol–water partition coefficient (Wildman–Crippen LogP) is 3.04. The van der Waals surface area contributed by atoms with Crippen LogP contribution in [0.25, 0.3) is 0 Å². The van der Waals surface area contributed by atoms with Crippen LogP contribution < -0.4 is 0 Å². The Labute approximate surface area is 95.8 Å². The lowest BCUT2D eigenvalue weighted by atomic mass is 9.99. The molecule has 0 saturated heterocycles. The lowest BCUT2D eigenvalue weighted by Gasteiger charge is -2.25. The van der Waals surface area contributed by atoms with Crippen LogP contribution in [0.5, 0.6) is 0 Å². The summed E-state index contributed by atoms with van der Waals surface area (Å²) >= 11 is 5.40. The zero-order chi connectivity index (χ0) is 12.1. The van der Waals surface area contributed by atoms with Gasteiger partial charge in [0.25, 0.3) is 0 Å². The van der Waals surface area contributed by atoms with Gasteiger partial charge in [-0.05, 0) is 25.4 Å². The topological polar surface area (TPSA) is 52.6 Å². The van der Waals surface area contributed by atoms with Crippen molar-refractivity contribution in [2.75, 3.05) is 19.4 Å². The van der Waals surface area contributed by atoms with Crippen molar-refractivity contribution in [1.82, 2.24) is 0 Å². The summed E-state index contributed by atoms with van der Waals surface area (Å²) in [4.78, 5) is 11.1. The Kier molecular flexibility index (Phi) is 6.04. The van der Waals surface area contributed by atoms with Crippen LogP contribution in [0.2, 0.25) is 0 Å². The first-order valence-electron chi connectivity index (χ1n) is 4.85. The highest BCUT2D eigenvalue weighted by atomic mass is 35.5. The second kappa shape index (κ2) is 6.00. The first-order chi connectivity index (χ1) is 6.77. The third-order valence-corrected chi connectivity index (χ3v) is 4.77. The first-order valence-corrected chi connectivity index (χ1v) is 6.96. The van der Waals surface area contributed by atoms with E-state index >= 15 is 0 Å². The summed E-state index contributed by atoms with van der Waals surface area (Å²) < 4.78 is 22.2. The average molecular weight is 257 g/mol. The third kappa shape index (κ3) is 5.12. The second-order valence-electron chi connectivity index (χ2n) is 3.76. The maximum atomic E-state index is 12.1. The smallest absolute Gasteiger partial charge is 0.309 e. The molecule has 0 atom stereocenters. The molecule has 0 unspecified atom stereocenters. The highest BCUT2D eigenvalue weighted by molar-refractivity contribution is 7.54. The molecule has 0 aliphatic rings. The summed E-state index contributed by atoms with van der Waals surface area (Å²) in [5, 5.41) is -0.540. The lowest BCUT2D eigenvalue weighted by molar-refractivity contribution is -0.118. The van der Waals surface area contributed by atoms with E-state index in [1.54, 1.807) is 27.7 Å². The molecular formula is C9H18ClO4P. The number of hydrogen-bond acceptors (Lipinski definition) is 4. The number of carbonyl (C=O) groups is 1. The minimum absolute atomic E-state index is 0.00398. The summed E-state index contributed by atoms with van der Waals surface area (Å²) in [5.74, 6) is 0. The molecule has 0 saturated carbocycles. The number of rotatable bonds is 7. The molecule has 15 heavy (non-hydrogen) atoms. The van der Waals surface area contributed by atoms with E-state index in [9.17, 15) is 9.36 Å². The highest BCUT2D eigenvalue weighted by Gasteiger charge is 2.37. The molecule has 90 valence electrons. The van der Waals surface area contributed by atoms with Crippen molar-refractivity contribution in [1.29, 1.82) is 0 Å². The van der Waals surface area contributed by atoms with Crippen LogP contribution in [0, 0.1) is 5.41 Å². The van der Waals surface area contributed by atoms with E-state index in [1.807, 2.05) is 0 Å². The number of hydrogen-bond donors (Lipinski definition) is 0. The quantitative estimate of drug-likeness (QED) is 0.519. The van der Waals surface area contributed by atoms with Gasteiger partial charge in [-0.3, -0.25) is 9.36 Å². The molecule has 0 aromatic rings. The van der Waals surface area contributed by atoms with Crippen LogP contribution in [-0.2, 0) is 18.4 Å². The fourth-order valence-electron chi connectivity index (χ4n) is 1.07. The SMILES string of the molecule is CCOP(=O)(CC(C)(C)C(=O)Cl)OCC. The Hall–Kier alpha value is 0.110. The van der Waals surface area contributed by atoms with Crippen LogP contribution in [0.15, 0.2) is 0 Å². The Balaban J connectivity index is 4.68. The van der Waals surface area contributed by atoms with Gasteiger partial charge in [-0.2, -0.15) is 0 Å². The minimum Gasteiger partial charge on any atom is -0.309 e. The van der Waals surface area contributed by atoms with E-state index in [-0.39, 0.29) is 19.4 Å². The van der Waals surface area contributed by atoms with Crippen LogP contribution in [0.4, 0.5) is 0 Å². The zero-order valence-corrected chi connectivity index (χ0v) is 11.2. The van der Waals surface area contributed by atoms with Crippen molar-refractivity contribution >= 4 is 24.4 Å². The molecule has 4 nitrogen and oxygen atoms in total. The van der Waals surface area contributed by atoms with Gasteiger partial charge in [0.1, 0.15) is 0 Å². The molecule has 0 amide bonds. The number of halogens is 1. The van der Waals surface area contributed by atoms with Crippen molar-refractivity contribution < 1.29 is 18.4 Å². The largest absolute Gasteiger partial charge is 0.331 e. The van der Waals surface area contributed by atoms with Crippen LogP contribution in [0.1, 0.15) is 27.7 Å². The predicted molar refractivity (Wildman–Crippen MR) is 60.4 cm³/mol. The van der Waals surface area contributed by atoms with Gasteiger partial charge in [0.2, 0.25) is 5.24 Å². The third-order valence-electron chi connectivity index (χ3n) is 1.77. The van der Waals surface area contributed by atoms with Crippen molar-refractivity contribution in [2.45, 2.75) is 27.7 Å². The summed E-state index contributed by atoms with van der Waals surface area (Å²) in [6, 6.07) is 0. The van der Waals surface area contributed by atoms with Gasteiger partial charge in [-0.15, -0.1) is 0 Å². The van der Waals surface area contributed by atoms with Gasteiger partial charge < -0.3 is 9.05 Å². The Morgan fingerprint density at radius 3 is 1.93 bits per heavy atom. The van der Waals surface area contributed by atoms with E-state index in [0.717, 1.165) is 0 Å². The van der Waals surface area contributed by atoms with Crippen molar-refractivity contribution in [3.63, 3.8) is 0 Å². The molecular weight excluding hydrogens is 239 g/mol. The van der Waals surface area contributed by atoms with E-state index in [2.05, 4.69) is 0 Å². The molecule has 0 spiro atoms. The monoisotopic (exact) mass is 256 g/mol. The molecule has 0 heterocycles. The fourth-order valence-corrected chi connectivity index (χ4v) is 3.38. The van der Waals surface area contributed by atoms with Crippen LogP contribution >= 0.6 is 19.2 Å². The first kappa shape index (κ1) is 15.1. The van der Waals surface area contributed by atoms with E-state index in [4.69, 9.17) is 20.6 Å². The van der Waals surface area contributed by atoms with Gasteiger partial charge in [-0.1, -0.05) is 13.8 Å². The maximum Gasteiger partial charge on any atom is 0.331 e. The second-order valence-corrected chi connectivity index (χ2v) is 6.16. The van der Waals surface area contributed by atoms with Gasteiger partial charge in [0.15, 0.2) is 0 Å². The molecule has 6 heteroatoms. The Morgan fingerprint density at radius 1 is 1.27 bits per heavy atom. The molecule has 0 aliphatic carbocycles. The molecule has 0 rings (SSSR count). The lowest BCUT2D eigenvalue weighted by Crippen LogP contribution is -2.25. The van der Waals surface area contributed by atoms with Crippen LogP contribution in [-0.4, -0.2) is 24.6 Å². The maximum absolute atomic E-state index is 12.1. The fraction of sp³-hybridized carbons (Fsp3) is 0.889. The van der Waals surface area contributed by atoms with Crippen molar-refractivity contribution in [2.24, 2.45) is 5.41 Å². The molecule has 0 radical (unpaired) electrons. The highest BCUT2D eigenvalue weighted by Crippen LogP contribution is 2.52. The minimum atomic E-state index is -3.20. The molecule has 0 fully saturated rings. The standard InChI is InChI=1S/C9H18ClO4P/c1-5-13-15(12,14-6-2)7-9(3,4)8(10)11/h5-7H2,1-4H3. The summed E-state index contributed by atoms with van der Waals surface area (Å²) in [7, 11) is -3.20. The van der Waals surface area contributed by atoms with Gasteiger partial charge in [0, 0.05) is 0 Å². The van der Waals surface area contributed by atoms with Gasteiger partial charge >= 0.3 is 7.60 Å². The van der Waals surface area contributed by atoms with E-state index in [1.165, 1.54) is 0 Å². The molecule has 0 aliphatic heterocycles. The molecule has 0 bridgehead atoms. The zero-order valence-electron chi connectivity index (χ0n) is 9.58. The van der Waals surface area contributed by atoms with E-state index < -0.39 is 18.3 Å². The molecule has 0 aromatic heterocycles. The molecule has 0 N–H and O–H groups in total. The van der Waals surface area contributed by atoms with Crippen molar-refractivity contribution in [3.8, 4) is 0 Å². The summed E-state index contributed by atoms with van der Waals surface area (Å²) in [5.41, 5.74) is -0.901. The van der Waals surface area contributed by atoms with Crippen LogP contribution in [0.3, 0.4) is 0 Å². The summed E-state index contributed by atoms with van der Waals surface area (Å²) in [6.07, 6.45) is 0.00398. The van der Waals surface area contributed by atoms with Gasteiger partial charge in [-0.25, -0.2) is 0 Å². The van der Waals surface area contributed by atoms with Crippen molar-refractivity contribution in [3.05, 3.63) is 0 Å². The van der Waals surface area contributed by atoms with E-state index in [0.29, 0.717) is 0 Å². The Morgan fingerprint density at radius 2 is 1.67 bits per heavy atom. The summed E-state index contributed by atoms with van der Waals surface area (Å²) in [6.45, 7) is 7.25. The van der Waals surface area contributed by atoms with Gasteiger partial charge in [0.05, 0.1) is 24.8 Å². The Bertz CT molecular complexity index is 255.